The number of fused-ring (bicyclic) bond motifs is 1. The smallest absolute Gasteiger partial charge is 0.150 e. The lowest BCUT2D eigenvalue weighted by molar-refractivity contribution is 0.0668. The summed E-state index contributed by atoms with van der Waals surface area (Å²) < 4.78 is 39.4. The molecule has 7 heteroatoms. The maximum absolute atomic E-state index is 14.6. The zero-order valence-corrected chi connectivity index (χ0v) is 19.9. The monoisotopic (exact) mass is 488 g/mol. The van der Waals surface area contributed by atoms with Crippen molar-refractivity contribution in [2.24, 2.45) is 5.92 Å². The topological polar surface area (TPSA) is 65.7 Å². The average Bonchev–Trinajstić information content (AvgIpc) is 2.86. The van der Waals surface area contributed by atoms with E-state index in [9.17, 15) is 13.9 Å². The Bertz CT molecular complexity index is 1340. The van der Waals surface area contributed by atoms with E-state index in [1.54, 1.807) is 24.3 Å². The van der Waals surface area contributed by atoms with Gasteiger partial charge in [-0.25, -0.2) is 4.39 Å². The summed E-state index contributed by atoms with van der Waals surface area (Å²) in [6.07, 6.45) is -0.526. The number of rotatable bonds is 7. The quantitative estimate of drug-likeness (QED) is 0.459. The molecular weight excluding hydrogens is 462 g/mol. The number of alkyl halides is 1. The molecule has 0 aliphatic carbocycles. The average molecular weight is 489 g/mol. The lowest BCUT2D eigenvalue weighted by Gasteiger charge is -2.37. The summed E-state index contributed by atoms with van der Waals surface area (Å²) in [5.41, 5.74) is 3.77. The number of nitriles is 1. The number of allylic oxidation sites excluding steroid dienone is 1. The van der Waals surface area contributed by atoms with Crippen molar-refractivity contribution in [3.63, 3.8) is 0 Å². The van der Waals surface area contributed by atoms with Gasteiger partial charge < -0.3 is 14.6 Å². The van der Waals surface area contributed by atoms with E-state index >= 15 is 0 Å². The number of hydrogen-bond acceptors (Lipinski definition) is 5. The summed E-state index contributed by atoms with van der Waals surface area (Å²) in [6.45, 7) is 4.48. The third kappa shape index (κ3) is 4.65. The van der Waals surface area contributed by atoms with Crippen molar-refractivity contribution >= 4 is 11.1 Å². The van der Waals surface area contributed by atoms with Gasteiger partial charge in [-0.1, -0.05) is 18.2 Å². The second-order valence-corrected chi connectivity index (χ2v) is 9.22. The number of benzene rings is 3. The predicted molar refractivity (Wildman–Crippen MR) is 133 cm³/mol. The van der Waals surface area contributed by atoms with E-state index in [1.165, 1.54) is 12.1 Å². The van der Waals surface area contributed by atoms with E-state index in [-0.39, 0.29) is 23.9 Å². The number of phenolic OH excluding ortho intramolecular Hbond substituents is 1. The first-order valence-electron chi connectivity index (χ1n) is 11.9. The Labute approximate surface area is 208 Å². The number of aromatic hydroxyl groups is 1. The molecule has 5 rings (SSSR count). The normalized spacial score (nSPS) is 17.7. The van der Waals surface area contributed by atoms with E-state index in [0.29, 0.717) is 23.7 Å². The molecule has 1 atom stereocenters. The van der Waals surface area contributed by atoms with Crippen LogP contribution in [0.3, 0.4) is 0 Å². The third-order valence-electron chi connectivity index (χ3n) is 6.79. The summed E-state index contributed by atoms with van der Waals surface area (Å²) in [5.74, 6) is 1.01. The molecule has 184 valence electrons. The molecule has 2 aliphatic heterocycles. The highest BCUT2D eigenvalue weighted by Gasteiger charge is 2.30. The van der Waals surface area contributed by atoms with Crippen LogP contribution in [0.2, 0.25) is 0 Å². The van der Waals surface area contributed by atoms with E-state index < -0.39 is 11.9 Å². The molecule has 2 heterocycles. The van der Waals surface area contributed by atoms with Gasteiger partial charge >= 0.3 is 0 Å². The molecule has 1 N–H and O–H groups in total. The Hall–Kier alpha value is -3.89. The molecule has 0 bridgehead atoms. The maximum Gasteiger partial charge on any atom is 0.150 e. The number of phenols is 1. The van der Waals surface area contributed by atoms with Crippen LogP contribution in [-0.2, 0) is 0 Å². The van der Waals surface area contributed by atoms with Gasteiger partial charge in [0.1, 0.15) is 41.8 Å². The minimum absolute atomic E-state index is 0.0248. The standard InChI is InChI=1S/C29H26F2N2O3/c1-18-25-13-23(34)6-9-27(25)36-29(28(18)21-2-3-22(15-32)26(31)12-21)20-4-7-24(8-5-20)35-11-10-33-16-19(14-30)17-33/h2-9,12-13,19,29,34H,10-11,14,16-17H2,1H3. The number of halogens is 2. The van der Waals surface area contributed by atoms with E-state index in [2.05, 4.69) is 4.90 Å². The lowest BCUT2D eigenvalue weighted by atomic mass is 9.86. The molecule has 0 spiro atoms. The molecule has 5 nitrogen and oxygen atoms in total. The molecule has 36 heavy (non-hydrogen) atoms. The molecule has 0 aromatic heterocycles. The van der Waals surface area contributed by atoms with Crippen molar-refractivity contribution in [1.82, 2.24) is 4.90 Å². The first kappa shape index (κ1) is 23.8. The van der Waals surface area contributed by atoms with Gasteiger partial charge in [0.15, 0.2) is 0 Å². The Balaban J connectivity index is 1.41. The fourth-order valence-electron chi connectivity index (χ4n) is 4.81. The molecule has 0 saturated carbocycles. The van der Waals surface area contributed by atoms with Crippen molar-refractivity contribution in [2.45, 2.75) is 13.0 Å². The van der Waals surface area contributed by atoms with Gasteiger partial charge in [0.25, 0.3) is 0 Å². The van der Waals surface area contributed by atoms with Crippen molar-refractivity contribution in [2.75, 3.05) is 32.9 Å². The predicted octanol–water partition coefficient (Wildman–Crippen LogP) is 5.75. The maximum atomic E-state index is 14.6. The first-order chi connectivity index (χ1) is 17.5. The van der Waals surface area contributed by atoms with Crippen molar-refractivity contribution < 1.29 is 23.4 Å². The summed E-state index contributed by atoms with van der Waals surface area (Å²) in [5, 5.41) is 19.2. The molecule has 1 fully saturated rings. The largest absolute Gasteiger partial charge is 0.508 e. The van der Waals surface area contributed by atoms with Gasteiger partial charge in [0.2, 0.25) is 0 Å². The van der Waals surface area contributed by atoms with E-state index in [0.717, 1.165) is 41.9 Å². The van der Waals surface area contributed by atoms with Gasteiger partial charge in [-0.15, -0.1) is 0 Å². The highest BCUT2D eigenvalue weighted by molar-refractivity contribution is 5.95. The molecular formula is C29H26F2N2O3. The fourth-order valence-corrected chi connectivity index (χ4v) is 4.81. The van der Waals surface area contributed by atoms with E-state index in [1.807, 2.05) is 37.3 Å². The van der Waals surface area contributed by atoms with Crippen LogP contribution in [0.15, 0.2) is 60.7 Å². The lowest BCUT2D eigenvalue weighted by Crippen LogP contribution is -2.49. The zero-order chi connectivity index (χ0) is 25.2. The number of hydrogen-bond donors (Lipinski definition) is 1. The van der Waals surface area contributed by atoms with Crippen molar-refractivity contribution in [1.29, 1.82) is 5.26 Å². The first-order valence-corrected chi connectivity index (χ1v) is 11.9. The van der Waals surface area contributed by atoms with Crippen molar-refractivity contribution in [3.8, 4) is 23.3 Å². The minimum atomic E-state index is -0.598. The van der Waals surface area contributed by atoms with Crippen LogP contribution in [0.1, 0.15) is 35.3 Å². The molecule has 1 unspecified atom stereocenters. The Morgan fingerprint density at radius 3 is 2.58 bits per heavy atom. The van der Waals surface area contributed by atoms with Gasteiger partial charge in [-0.2, -0.15) is 5.26 Å². The van der Waals surface area contributed by atoms with Crippen LogP contribution in [0.5, 0.6) is 17.2 Å². The highest BCUT2D eigenvalue weighted by atomic mass is 19.1. The minimum Gasteiger partial charge on any atom is -0.508 e. The van der Waals surface area contributed by atoms with Crippen LogP contribution < -0.4 is 9.47 Å². The highest BCUT2D eigenvalue weighted by Crippen LogP contribution is 2.47. The summed E-state index contributed by atoms with van der Waals surface area (Å²) in [7, 11) is 0. The number of nitrogens with zero attached hydrogens (tertiary/aromatic N) is 2. The molecule has 1 saturated heterocycles. The molecule has 0 amide bonds. The molecule has 3 aromatic carbocycles. The number of likely N-dealkylation sites (tertiary alicyclic amines) is 1. The van der Waals surface area contributed by atoms with E-state index in [4.69, 9.17) is 14.7 Å². The second kappa shape index (κ2) is 10.00. The number of ether oxygens (including phenoxy) is 2. The summed E-state index contributed by atoms with van der Waals surface area (Å²) >= 11 is 0. The third-order valence-corrected chi connectivity index (χ3v) is 6.79. The van der Waals surface area contributed by atoms with Crippen LogP contribution in [0.4, 0.5) is 8.78 Å². The van der Waals surface area contributed by atoms with Crippen LogP contribution in [0.25, 0.3) is 11.1 Å². The zero-order valence-electron chi connectivity index (χ0n) is 19.9. The van der Waals surface area contributed by atoms with Gasteiger partial charge in [0, 0.05) is 36.7 Å². The molecule has 3 aromatic rings. The van der Waals surface area contributed by atoms with Crippen molar-refractivity contribution in [3.05, 3.63) is 88.7 Å². The van der Waals surface area contributed by atoms with Gasteiger partial charge in [-0.05, 0) is 66.1 Å². The van der Waals surface area contributed by atoms with Crippen LogP contribution in [0, 0.1) is 23.1 Å². The SMILES string of the molecule is CC1=C(c2ccc(C#N)c(F)c2)C(c2ccc(OCCN3CC(CF)C3)cc2)Oc2ccc(O)cc21. The fraction of sp³-hybridized carbons (Fsp3) is 0.276. The molecule has 2 aliphatic rings. The summed E-state index contributed by atoms with van der Waals surface area (Å²) in [6, 6.07) is 18.9. The Morgan fingerprint density at radius 2 is 1.89 bits per heavy atom. The van der Waals surface area contributed by atoms with Crippen LogP contribution >= 0.6 is 0 Å². The van der Waals surface area contributed by atoms with Crippen LogP contribution in [-0.4, -0.2) is 42.9 Å². The van der Waals surface area contributed by atoms with Gasteiger partial charge in [-0.3, -0.25) is 9.29 Å². The Kier molecular flexibility index (Phi) is 6.62. The second-order valence-electron chi connectivity index (χ2n) is 9.22. The summed E-state index contributed by atoms with van der Waals surface area (Å²) in [4.78, 5) is 2.17. The van der Waals surface area contributed by atoms with Gasteiger partial charge in [0.05, 0.1) is 12.2 Å². The molecule has 0 radical (unpaired) electrons. The Morgan fingerprint density at radius 1 is 1.11 bits per heavy atom.